The van der Waals surface area contributed by atoms with Gasteiger partial charge in [-0.3, -0.25) is 0 Å². The van der Waals surface area contributed by atoms with Crippen LogP contribution in [0.4, 0.5) is 11.5 Å². The molecule has 0 bridgehead atoms. The molecule has 72 valence electrons. The Kier molecular flexibility index (Phi) is 2.95. The van der Waals surface area contributed by atoms with E-state index in [9.17, 15) is 0 Å². The van der Waals surface area contributed by atoms with Gasteiger partial charge in [-0.05, 0) is 19.9 Å². The zero-order chi connectivity index (χ0) is 9.84. The van der Waals surface area contributed by atoms with Crippen molar-refractivity contribution in [1.29, 1.82) is 0 Å². The van der Waals surface area contributed by atoms with E-state index in [0.29, 0.717) is 17.4 Å². The molecular weight excluding hydrogens is 166 g/mol. The fourth-order valence-electron chi connectivity index (χ4n) is 0.959. The molecule has 0 radical (unpaired) electrons. The number of pyridine rings is 1. The lowest BCUT2D eigenvalue weighted by atomic mass is 10.4. The number of anilines is 2. The van der Waals surface area contributed by atoms with E-state index >= 15 is 0 Å². The summed E-state index contributed by atoms with van der Waals surface area (Å²) in [6, 6.07) is 3.53. The maximum atomic E-state index is 5.65. The first-order valence-electron chi connectivity index (χ1n) is 4.24. The highest BCUT2D eigenvalue weighted by Gasteiger charge is 2.02. The number of rotatable bonds is 3. The molecule has 0 atom stereocenters. The molecule has 13 heavy (non-hydrogen) atoms. The predicted octanol–water partition coefficient (Wildman–Crippen LogP) is 1.49. The molecule has 0 amide bonds. The summed E-state index contributed by atoms with van der Waals surface area (Å²) in [6.07, 6.45) is 0.126. The Bertz CT molecular complexity index is 286. The number of aromatic nitrogens is 1. The fourth-order valence-corrected chi connectivity index (χ4v) is 0.959. The van der Waals surface area contributed by atoms with Crippen LogP contribution in [0.25, 0.3) is 0 Å². The maximum absolute atomic E-state index is 5.65. The number of hydrogen-bond acceptors (Lipinski definition) is 4. The minimum atomic E-state index is 0.126. The van der Waals surface area contributed by atoms with Gasteiger partial charge in [-0.1, -0.05) is 0 Å². The van der Waals surface area contributed by atoms with Crippen LogP contribution in [0.5, 0.6) is 5.88 Å². The van der Waals surface area contributed by atoms with E-state index in [2.05, 4.69) is 10.3 Å². The van der Waals surface area contributed by atoms with Gasteiger partial charge in [0.25, 0.3) is 0 Å². The molecule has 3 N–H and O–H groups in total. The van der Waals surface area contributed by atoms with Crippen molar-refractivity contribution in [2.24, 2.45) is 0 Å². The third-order valence-electron chi connectivity index (χ3n) is 1.49. The van der Waals surface area contributed by atoms with Crippen LogP contribution < -0.4 is 15.8 Å². The van der Waals surface area contributed by atoms with Gasteiger partial charge >= 0.3 is 0 Å². The summed E-state index contributed by atoms with van der Waals surface area (Å²) >= 11 is 0. The van der Waals surface area contributed by atoms with Crippen LogP contribution in [-0.2, 0) is 0 Å². The summed E-state index contributed by atoms with van der Waals surface area (Å²) in [5.41, 5.74) is 6.27. The molecule has 0 aliphatic carbocycles. The number of nitrogens with one attached hydrogen (secondary N) is 1. The van der Waals surface area contributed by atoms with Gasteiger partial charge in [0.05, 0.1) is 11.8 Å². The lowest BCUT2D eigenvalue weighted by Crippen LogP contribution is -2.08. The van der Waals surface area contributed by atoms with Crippen molar-refractivity contribution in [3.63, 3.8) is 0 Å². The Morgan fingerprint density at radius 1 is 1.46 bits per heavy atom. The van der Waals surface area contributed by atoms with Crippen LogP contribution in [-0.4, -0.2) is 18.1 Å². The summed E-state index contributed by atoms with van der Waals surface area (Å²) in [4.78, 5) is 4.17. The number of ether oxygens (including phenoxy) is 1. The zero-order valence-corrected chi connectivity index (χ0v) is 8.16. The molecule has 0 aliphatic heterocycles. The van der Waals surface area contributed by atoms with Crippen molar-refractivity contribution in [1.82, 2.24) is 4.98 Å². The molecule has 1 heterocycles. The first-order chi connectivity index (χ1) is 6.13. The van der Waals surface area contributed by atoms with Crippen molar-refractivity contribution >= 4 is 11.5 Å². The maximum Gasteiger partial charge on any atom is 0.215 e. The van der Waals surface area contributed by atoms with E-state index in [0.717, 1.165) is 0 Å². The van der Waals surface area contributed by atoms with Crippen LogP contribution in [0, 0.1) is 0 Å². The first kappa shape index (κ1) is 9.64. The van der Waals surface area contributed by atoms with Crippen molar-refractivity contribution in [3.8, 4) is 5.88 Å². The van der Waals surface area contributed by atoms with Gasteiger partial charge in [0.15, 0.2) is 5.82 Å². The van der Waals surface area contributed by atoms with E-state index in [-0.39, 0.29) is 6.10 Å². The van der Waals surface area contributed by atoms with E-state index in [1.807, 2.05) is 13.8 Å². The molecule has 0 saturated carbocycles. The largest absolute Gasteiger partial charge is 0.475 e. The van der Waals surface area contributed by atoms with Crippen LogP contribution in [0.15, 0.2) is 12.1 Å². The second-order valence-electron chi connectivity index (χ2n) is 3.00. The van der Waals surface area contributed by atoms with Gasteiger partial charge in [0.2, 0.25) is 5.88 Å². The highest BCUT2D eigenvalue weighted by atomic mass is 16.5. The average molecular weight is 181 g/mol. The van der Waals surface area contributed by atoms with Crippen LogP contribution in [0.3, 0.4) is 0 Å². The van der Waals surface area contributed by atoms with Gasteiger partial charge in [0.1, 0.15) is 0 Å². The highest BCUT2D eigenvalue weighted by molar-refractivity contribution is 5.61. The Morgan fingerprint density at radius 3 is 2.69 bits per heavy atom. The number of nitrogens with zero attached hydrogens (tertiary/aromatic N) is 1. The van der Waals surface area contributed by atoms with Crippen molar-refractivity contribution in [3.05, 3.63) is 12.1 Å². The molecule has 0 aliphatic rings. The third-order valence-corrected chi connectivity index (χ3v) is 1.49. The smallest absolute Gasteiger partial charge is 0.215 e. The van der Waals surface area contributed by atoms with E-state index < -0.39 is 0 Å². The van der Waals surface area contributed by atoms with Crippen LogP contribution in [0.1, 0.15) is 13.8 Å². The lowest BCUT2D eigenvalue weighted by molar-refractivity contribution is 0.233. The second kappa shape index (κ2) is 3.98. The van der Waals surface area contributed by atoms with E-state index in [1.165, 1.54) is 0 Å². The van der Waals surface area contributed by atoms with E-state index in [1.54, 1.807) is 19.2 Å². The Balaban J connectivity index is 2.86. The molecular formula is C9H15N3O. The predicted molar refractivity (Wildman–Crippen MR) is 54.0 cm³/mol. The minimum Gasteiger partial charge on any atom is -0.475 e. The normalized spacial score (nSPS) is 10.2. The minimum absolute atomic E-state index is 0.126. The number of nitrogens with two attached hydrogens (primary N) is 1. The number of hydrogen-bond donors (Lipinski definition) is 2. The van der Waals surface area contributed by atoms with Gasteiger partial charge in [0, 0.05) is 13.1 Å². The summed E-state index contributed by atoms with van der Waals surface area (Å²) < 4.78 is 5.40. The third kappa shape index (κ3) is 2.50. The Morgan fingerprint density at radius 2 is 2.15 bits per heavy atom. The monoisotopic (exact) mass is 181 g/mol. The SMILES string of the molecule is CNc1nc(OC(C)C)ccc1N. The van der Waals surface area contributed by atoms with Crippen molar-refractivity contribution in [2.75, 3.05) is 18.1 Å². The van der Waals surface area contributed by atoms with Gasteiger partial charge in [-0.2, -0.15) is 4.98 Å². The molecule has 0 unspecified atom stereocenters. The van der Waals surface area contributed by atoms with Crippen LogP contribution >= 0.6 is 0 Å². The van der Waals surface area contributed by atoms with Crippen molar-refractivity contribution < 1.29 is 4.74 Å². The summed E-state index contributed by atoms with van der Waals surface area (Å²) in [6.45, 7) is 3.91. The van der Waals surface area contributed by atoms with Gasteiger partial charge in [-0.15, -0.1) is 0 Å². The molecule has 0 aromatic carbocycles. The molecule has 1 aromatic rings. The fraction of sp³-hybridized carbons (Fsp3) is 0.444. The molecule has 1 rings (SSSR count). The molecule has 0 spiro atoms. The first-order valence-corrected chi connectivity index (χ1v) is 4.24. The standard InChI is InChI=1S/C9H15N3O/c1-6(2)13-8-5-4-7(10)9(11-3)12-8/h4-6H,10H2,1-3H3,(H,11,12). The summed E-state index contributed by atoms with van der Waals surface area (Å²) in [7, 11) is 1.78. The van der Waals surface area contributed by atoms with Gasteiger partial charge in [-0.25, -0.2) is 0 Å². The highest BCUT2D eigenvalue weighted by Crippen LogP contribution is 2.19. The Hall–Kier alpha value is -1.45. The quantitative estimate of drug-likeness (QED) is 0.741. The molecule has 0 fully saturated rings. The molecule has 4 heteroatoms. The average Bonchev–Trinajstić information content (AvgIpc) is 2.07. The topological polar surface area (TPSA) is 60.2 Å². The van der Waals surface area contributed by atoms with Gasteiger partial charge < -0.3 is 15.8 Å². The van der Waals surface area contributed by atoms with Crippen LogP contribution in [0.2, 0.25) is 0 Å². The number of nitrogen functional groups attached to an aromatic ring is 1. The summed E-state index contributed by atoms with van der Waals surface area (Å²) in [5.74, 6) is 1.24. The van der Waals surface area contributed by atoms with Crippen molar-refractivity contribution in [2.45, 2.75) is 20.0 Å². The molecule has 0 saturated heterocycles. The van der Waals surface area contributed by atoms with E-state index in [4.69, 9.17) is 10.5 Å². The second-order valence-corrected chi connectivity index (χ2v) is 3.00. The lowest BCUT2D eigenvalue weighted by Gasteiger charge is -2.10. The Labute approximate surface area is 78.1 Å². The molecule has 4 nitrogen and oxygen atoms in total. The zero-order valence-electron chi connectivity index (χ0n) is 8.16. The summed E-state index contributed by atoms with van der Waals surface area (Å²) in [5, 5.41) is 2.89. The molecule has 1 aromatic heterocycles.